The van der Waals surface area contributed by atoms with E-state index in [2.05, 4.69) is 11.4 Å². The van der Waals surface area contributed by atoms with Gasteiger partial charge < -0.3 is 15.0 Å². The molecule has 1 N–H and O–H groups in total. The zero-order valence-corrected chi connectivity index (χ0v) is 17.5. The van der Waals surface area contributed by atoms with Crippen LogP contribution in [0.25, 0.3) is 0 Å². The summed E-state index contributed by atoms with van der Waals surface area (Å²) in [5, 5.41) is 12.2. The van der Waals surface area contributed by atoms with Gasteiger partial charge in [0.15, 0.2) is 6.61 Å². The first-order valence-corrected chi connectivity index (χ1v) is 10.7. The normalized spacial score (nSPS) is 18.9. The summed E-state index contributed by atoms with van der Waals surface area (Å²) < 4.78 is 5.21. The number of likely N-dealkylation sites (tertiary alicyclic amines) is 1. The van der Waals surface area contributed by atoms with E-state index in [0.717, 1.165) is 24.8 Å². The van der Waals surface area contributed by atoms with E-state index in [1.54, 1.807) is 4.90 Å². The number of hydrogen-bond donors (Lipinski definition) is 1. The lowest BCUT2D eigenvalue weighted by atomic mass is 9.83. The standard InChI is InChI=1S/C23H29N3O4/c1-17-7-3-4-8-19(17)21(28)26-13-9-18(10-14-26)22(29)30-15-20(27)25-23(16-24)11-5-2-6-12-23/h3-4,7-8,18H,2,5-6,9-15H2,1H3,(H,25,27). The Balaban J connectivity index is 1.44. The summed E-state index contributed by atoms with van der Waals surface area (Å²) in [6.07, 6.45) is 5.19. The molecule has 0 aromatic heterocycles. The highest BCUT2D eigenvalue weighted by molar-refractivity contribution is 5.95. The molecule has 160 valence electrons. The first-order chi connectivity index (χ1) is 14.4. The Kier molecular flexibility index (Phi) is 7.09. The van der Waals surface area contributed by atoms with Gasteiger partial charge >= 0.3 is 5.97 Å². The second-order valence-corrected chi connectivity index (χ2v) is 8.29. The van der Waals surface area contributed by atoms with Crippen LogP contribution in [0.4, 0.5) is 0 Å². The molecular weight excluding hydrogens is 382 g/mol. The van der Waals surface area contributed by atoms with Crippen molar-refractivity contribution in [1.29, 1.82) is 5.26 Å². The quantitative estimate of drug-likeness (QED) is 0.751. The predicted octanol–water partition coefficient (Wildman–Crippen LogP) is 2.73. The minimum absolute atomic E-state index is 0.0198. The highest BCUT2D eigenvalue weighted by Crippen LogP contribution is 2.27. The summed E-state index contributed by atoms with van der Waals surface area (Å²) in [5.41, 5.74) is 0.788. The molecule has 3 rings (SSSR count). The van der Waals surface area contributed by atoms with Gasteiger partial charge in [0.05, 0.1) is 12.0 Å². The van der Waals surface area contributed by atoms with Crippen LogP contribution in [0, 0.1) is 24.2 Å². The van der Waals surface area contributed by atoms with Crippen LogP contribution in [-0.4, -0.2) is 47.9 Å². The molecule has 1 aromatic carbocycles. The van der Waals surface area contributed by atoms with E-state index < -0.39 is 17.4 Å². The molecule has 1 saturated heterocycles. The predicted molar refractivity (Wildman–Crippen MR) is 110 cm³/mol. The maximum Gasteiger partial charge on any atom is 0.309 e. The fraction of sp³-hybridized carbons (Fsp3) is 0.565. The van der Waals surface area contributed by atoms with Gasteiger partial charge in [0, 0.05) is 18.7 Å². The third-order valence-electron chi connectivity index (χ3n) is 6.14. The molecule has 2 fully saturated rings. The van der Waals surface area contributed by atoms with E-state index in [0.29, 0.717) is 44.3 Å². The molecule has 7 heteroatoms. The number of nitrogens with zero attached hydrogens (tertiary/aromatic N) is 2. The zero-order chi connectivity index (χ0) is 21.6. The maximum atomic E-state index is 12.7. The molecule has 0 atom stereocenters. The molecule has 2 aliphatic rings. The number of nitriles is 1. The molecule has 0 bridgehead atoms. The van der Waals surface area contributed by atoms with Crippen molar-refractivity contribution in [3.8, 4) is 6.07 Å². The van der Waals surface area contributed by atoms with Crippen molar-refractivity contribution in [2.24, 2.45) is 5.92 Å². The second-order valence-electron chi connectivity index (χ2n) is 8.29. The molecular formula is C23H29N3O4. The van der Waals surface area contributed by atoms with Crippen LogP contribution in [0.3, 0.4) is 0 Å². The van der Waals surface area contributed by atoms with Gasteiger partial charge in [-0.15, -0.1) is 0 Å². The first kappa shape index (κ1) is 21.8. The van der Waals surface area contributed by atoms with Gasteiger partial charge in [0.2, 0.25) is 0 Å². The third-order valence-corrected chi connectivity index (χ3v) is 6.14. The average molecular weight is 412 g/mol. The third kappa shape index (κ3) is 5.18. The molecule has 1 heterocycles. The van der Waals surface area contributed by atoms with Crippen LogP contribution < -0.4 is 5.32 Å². The van der Waals surface area contributed by atoms with Crippen molar-refractivity contribution >= 4 is 17.8 Å². The van der Waals surface area contributed by atoms with Crippen molar-refractivity contribution in [2.75, 3.05) is 19.7 Å². The number of benzene rings is 1. The van der Waals surface area contributed by atoms with E-state index in [-0.39, 0.29) is 18.4 Å². The van der Waals surface area contributed by atoms with Crippen LogP contribution >= 0.6 is 0 Å². The zero-order valence-electron chi connectivity index (χ0n) is 17.5. The minimum atomic E-state index is -0.830. The van der Waals surface area contributed by atoms with E-state index in [4.69, 9.17) is 4.74 Å². The molecule has 1 aliphatic carbocycles. The number of carbonyl (C=O) groups is 3. The summed E-state index contributed by atoms with van der Waals surface area (Å²) in [4.78, 5) is 39.0. The van der Waals surface area contributed by atoms with Crippen LogP contribution in [-0.2, 0) is 14.3 Å². The van der Waals surface area contributed by atoms with Crippen molar-refractivity contribution in [3.63, 3.8) is 0 Å². The van der Waals surface area contributed by atoms with Gasteiger partial charge in [0.1, 0.15) is 5.54 Å². The number of aryl methyl sites for hydroxylation is 1. The van der Waals surface area contributed by atoms with E-state index in [9.17, 15) is 19.6 Å². The Hall–Kier alpha value is -2.88. The number of piperidine rings is 1. The topological polar surface area (TPSA) is 99.5 Å². The highest BCUT2D eigenvalue weighted by atomic mass is 16.5. The summed E-state index contributed by atoms with van der Waals surface area (Å²) in [7, 11) is 0. The highest BCUT2D eigenvalue weighted by Gasteiger charge is 2.34. The fourth-order valence-electron chi connectivity index (χ4n) is 4.28. The lowest BCUT2D eigenvalue weighted by Gasteiger charge is -2.32. The van der Waals surface area contributed by atoms with Gasteiger partial charge in [-0.05, 0) is 44.2 Å². The van der Waals surface area contributed by atoms with Crippen LogP contribution in [0.15, 0.2) is 24.3 Å². The van der Waals surface area contributed by atoms with Gasteiger partial charge in [-0.2, -0.15) is 5.26 Å². The van der Waals surface area contributed by atoms with Crippen molar-refractivity contribution in [3.05, 3.63) is 35.4 Å². The number of esters is 1. The monoisotopic (exact) mass is 411 g/mol. The molecule has 1 aliphatic heterocycles. The smallest absolute Gasteiger partial charge is 0.309 e. The van der Waals surface area contributed by atoms with Gasteiger partial charge in [-0.1, -0.05) is 37.5 Å². The van der Waals surface area contributed by atoms with Gasteiger partial charge in [0.25, 0.3) is 11.8 Å². The number of ether oxygens (including phenoxy) is 1. The van der Waals surface area contributed by atoms with Crippen molar-refractivity contribution in [2.45, 2.75) is 57.4 Å². The fourth-order valence-corrected chi connectivity index (χ4v) is 4.28. The maximum absolute atomic E-state index is 12.7. The molecule has 0 radical (unpaired) electrons. The molecule has 1 aromatic rings. The Morgan fingerprint density at radius 2 is 1.83 bits per heavy atom. The second kappa shape index (κ2) is 9.75. The number of amides is 2. The largest absolute Gasteiger partial charge is 0.455 e. The molecule has 0 spiro atoms. The Labute approximate surface area is 177 Å². The average Bonchev–Trinajstić information content (AvgIpc) is 2.78. The molecule has 30 heavy (non-hydrogen) atoms. The Morgan fingerprint density at radius 3 is 2.47 bits per heavy atom. The Morgan fingerprint density at radius 1 is 1.17 bits per heavy atom. The summed E-state index contributed by atoms with van der Waals surface area (Å²) in [5.74, 6) is -1.19. The van der Waals surface area contributed by atoms with Gasteiger partial charge in [-0.25, -0.2) is 0 Å². The van der Waals surface area contributed by atoms with Crippen LogP contribution in [0.5, 0.6) is 0 Å². The van der Waals surface area contributed by atoms with Gasteiger partial charge in [-0.3, -0.25) is 14.4 Å². The number of nitrogens with one attached hydrogen (secondary N) is 1. The van der Waals surface area contributed by atoms with Crippen molar-refractivity contribution in [1.82, 2.24) is 10.2 Å². The first-order valence-electron chi connectivity index (χ1n) is 10.7. The van der Waals surface area contributed by atoms with Crippen molar-refractivity contribution < 1.29 is 19.1 Å². The minimum Gasteiger partial charge on any atom is -0.455 e. The van der Waals surface area contributed by atoms with E-state index in [1.165, 1.54) is 0 Å². The van der Waals surface area contributed by atoms with E-state index >= 15 is 0 Å². The summed E-state index contributed by atoms with van der Waals surface area (Å²) in [6, 6.07) is 9.69. The molecule has 1 saturated carbocycles. The number of rotatable bonds is 5. The van der Waals surface area contributed by atoms with Crippen LogP contribution in [0.1, 0.15) is 60.9 Å². The summed E-state index contributed by atoms with van der Waals surface area (Å²) in [6.45, 7) is 2.50. The number of hydrogen-bond acceptors (Lipinski definition) is 5. The number of carbonyl (C=O) groups excluding carboxylic acids is 3. The summed E-state index contributed by atoms with van der Waals surface area (Å²) >= 11 is 0. The molecule has 7 nitrogen and oxygen atoms in total. The van der Waals surface area contributed by atoms with E-state index in [1.807, 2.05) is 31.2 Å². The van der Waals surface area contributed by atoms with Crippen LogP contribution in [0.2, 0.25) is 0 Å². The lowest BCUT2D eigenvalue weighted by Crippen LogP contribution is -2.50. The Bertz CT molecular complexity index is 831. The lowest BCUT2D eigenvalue weighted by molar-refractivity contribution is -0.154. The molecule has 2 amide bonds. The SMILES string of the molecule is Cc1ccccc1C(=O)N1CCC(C(=O)OCC(=O)NC2(C#N)CCCCC2)CC1. The molecule has 0 unspecified atom stereocenters.